The van der Waals surface area contributed by atoms with Crippen molar-refractivity contribution in [2.24, 2.45) is 22.7 Å². The van der Waals surface area contributed by atoms with Gasteiger partial charge in [-0.1, -0.05) is 57.0 Å². The average molecular weight is 490 g/mol. The molecule has 5 nitrogen and oxygen atoms in total. The maximum absolute atomic E-state index is 13.2. The maximum atomic E-state index is 13.2. The van der Waals surface area contributed by atoms with Crippen LogP contribution in [0.1, 0.15) is 77.3 Å². The molecule has 3 atom stereocenters. The van der Waals surface area contributed by atoms with E-state index in [0.717, 1.165) is 56.5 Å². The molecule has 34 heavy (non-hydrogen) atoms. The lowest BCUT2D eigenvalue weighted by Crippen LogP contribution is -2.56. The highest BCUT2D eigenvalue weighted by atomic mass is 35.5. The van der Waals surface area contributed by atoms with Crippen LogP contribution in [0.3, 0.4) is 0 Å². The highest BCUT2D eigenvalue weighted by molar-refractivity contribution is 6.31. The van der Waals surface area contributed by atoms with Crippen LogP contribution in [-0.2, 0) is 9.53 Å². The fourth-order valence-electron chi connectivity index (χ4n) is 6.47. The van der Waals surface area contributed by atoms with Crippen molar-refractivity contribution in [1.29, 1.82) is 0 Å². The Morgan fingerprint density at radius 1 is 1.24 bits per heavy atom. The number of carbonyl (C=O) groups excluding carboxylic acids is 1. The second kappa shape index (κ2) is 11.9. The van der Waals surface area contributed by atoms with Crippen molar-refractivity contribution in [3.05, 3.63) is 34.9 Å². The van der Waals surface area contributed by atoms with E-state index in [1.54, 1.807) is 0 Å². The first-order chi connectivity index (χ1) is 16.2. The third kappa shape index (κ3) is 5.62. The van der Waals surface area contributed by atoms with Crippen LogP contribution in [0.5, 0.6) is 0 Å². The Morgan fingerprint density at radius 2 is 1.91 bits per heavy atom. The van der Waals surface area contributed by atoms with Gasteiger partial charge in [-0.05, 0) is 82.0 Å². The van der Waals surface area contributed by atoms with E-state index in [4.69, 9.17) is 21.3 Å². The van der Waals surface area contributed by atoms with Gasteiger partial charge in [-0.3, -0.25) is 4.99 Å². The number of nitrogens with zero attached hydrogens (tertiary/aromatic N) is 3. The molecule has 0 aromatic heterocycles. The summed E-state index contributed by atoms with van der Waals surface area (Å²) in [5.74, 6) is 1.14. The lowest BCUT2D eigenvalue weighted by atomic mass is 9.68. The van der Waals surface area contributed by atoms with Crippen LogP contribution in [0.2, 0.25) is 5.02 Å². The van der Waals surface area contributed by atoms with Crippen molar-refractivity contribution in [2.45, 2.75) is 83.3 Å². The Kier molecular flexibility index (Phi) is 9.45. The number of esters is 1. The van der Waals surface area contributed by atoms with Crippen LogP contribution in [0, 0.1) is 17.8 Å². The minimum Gasteiger partial charge on any atom is -0.467 e. The number of hydrogen-bond acceptors (Lipinski definition) is 5. The van der Waals surface area contributed by atoms with Crippen LogP contribution in [0.25, 0.3) is 0 Å². The van der Waals surface area contributed by atoms with E-state index in [2.05, 4.69) is 56.8 Å². The number of hydrogen-bond donors (Lipinski definition) is 0. The molecule has 1 aromatic rings. The predicted octanol–water partition coefficient (Wildman–Crippen LogP) is 6.22. The summed E-state index contributed by atoms with van der Waals surface area (Å²) in [7, 11) is 5.82. The molecule has 190 valence electrons. The SMILES string of the molecule is CCCCN1C=NC(CC(C)C)(C(=O)OC)C1C1CCC(C(c2ccccc2Cl)N(C)C)CC1. The summed E-state index contributed by atoms with van der Waals surface area (Å²) in [6, 6.07) is 8.63. The van der Waals surface area contributed by atoms with Crippen molar-refractivity contribution in [3.8, 4) is 0 Å². The zero-order valence-electron chi connectivity index (χ0n) is 22.0. The Bertz CT molecular complexity index is 835. The molecule has 1 saturated carbocycles. The maximum Gasteiger partial charge on any atom is 0.335 e. The number of rotatable bonds is 10. The van der Waals surface area contributed by atoms with E-state index in [0.29, 0.717) is 23.8 Å². The lowest BCUT2D eigenvalue weighted by molar-refractivity contribution is -0.150. The van der Waals surface area contributed by atoms with Crippen LogP contribution in [0.15, 0.2) is 29.3 Å². The van der Waals surface area contributed by atoms with Crippen LogP contribution in [-0.4, -0.2) is 61.4 Å². The minimum absolute atomic E-state index is 0.0768. The van der Waals surface area contributed by atoms with Crippen LogP contribution >= 0.6 is 11.6 Å². The largest absolute Gasteiger partial charge is 0.467 e. The summed E-state index contributed by atoms with van der Waals surface area (Å²) in [6.45, 7) is 7.51. The quantitative estimate of drug-likeness (QED) is 0.366. The van der Waals surface area contributed by atoms with Crippen molar-refractivity contribution in [2.75, 3.05) is 27.7 Å². The molecule has 0 bridgehead atoms. The first-order valence-electron chi connectivity index (χ1n) is 13.1. The van der Waals surface area contributed by atoms with E-state index < -0.39 is 5.54 Å². The molecule has 1 aliphatic carbocycles. The second-order valence-corrected chi connectivity index (χ2v) is 11.3. The van der Waals surface area contributed by atoms with Gasteiger partial charge >= 0.3 is 5.97 Å². The van der Waals surface area contributed by atoms with E-state index in [1.165, 1.54) is 12.7 Å². The fraction of sp³-hybridized carbons (Fsp3) is 0.714. The number of benzene rings is 1. The predicted molar refractivity (Wildman–Crippen MR) is 141 cm³/mol. The van der Waals surface area contributed by atoms with Gasteiger partial charge in [-0.25, -0.2) is 4.79 Å². The fourth-order valence-corrected chi connectivity index (χ4v) is 6.72. The summed E-state index contributed by atoms with van der Waals surface area (Å²) in [4.78, 5) is 22.8. The number of ether oxygens (including phenoxy) is 1. The molecule has 0 amide bonds. The Labute approximate surface area is 211 Å². The monoisotopic (exact) mass is 489 g/mol. The normalized spacial score (nSPS) is 28.0. The molecular weight excluding hydrogens is 446 g/mol. The van der Waals surface area contributed by atoms with Crippen molar-refractivity contribution >= 4 is 23.9 Å². The molecule has 3 rings (SSSR count). The third-order valence-corrected chi connectivity index (χ3v) is 8.15. The van der Waals surface area contributed by atoms with Crippen molar-refractivity contribution < 1.29 is 9.53 Å². The molecule has 0 saturated heterocycles. The van der Waals surface area contributed by atoms with Gasteiger partial charge in [-0.15, -0.1) is 0 Å². The lowest BCUT2D eigenvalue weighted by Gasteiger charge is -2.45. The molecule has 1 fully saturated rings. The van der Waals surface area contributed by atoms with Crippen molar-refractivity contribution in [1.82, 2.24) is 9.80 Å². The summed E-state index contributed by atoms with van der Waals surface area (Å²) in [6.07, 6.45) is 9.33. The average Bonchev–Trinajstić information content (AvgIpc) is 3.17. The van der Waals surface area contributed by atoms with Crippen LogP contribution < -0.4 is 0 Å². The molecule has 3 unspecified atom stereocenters. The summed E-state index contributed by atoms with van der Waals surface area (Å²) >= 11 is 6.62. The second-order valence-electron chi connectivity index (χ2n) is 10.9. The molecule has 1 aromatic carbocycles. The van der Waals surface area contributed by atoms with E-state index in [1.807, 2.05) is 18.5 Å². The van der Waals surface area contributed by atoms with Gasteiger partial charge in [0.15, 0.2) is 5.54 Å². The zero-order valence-corrected chi connectivity index (χ0v) is 22.7. The summed E-state index contributed by atoms with van der Waals surface area (Å²) < 4.78 is 5.37. The Balaban J connectivity index is 1.84. The van der Waals surface area contributed by atoms with Gasteiger partial charge in [0.25, 0.3) is 0 Å². The molecule has 6 heteroatoms. The van der Waals surface area contributed by atoms with Gasteiger partial charge in [-0.2, -0.15) is 0 Å². The topological polar surface area (TPSA) is 45.1 Å². The molecule has 0 spiro atoms. The van der Waals surface area contributed by atoms with Gasteiger partial charge < -0.3 is 14.5 Å². The molecular formula is C28H44ClN3O2. The number of halogens is 1. The van der Waals surface area contributed by atoms with Gasteiger partial charge in [0.05, 0.1) is 19.5 Å². The smallest absolute Gasteiger partial charge is 0.335 e. The first-order valence-corrected chi connectivity index (χ1v) is 13.4. The highest BCUT2D eigenvalue weighted by Gasteiger charge is 2.55. The van der Waals surface area contributed by atoms with E-state index >= 15 is 0 Å². The summed E-state index contributed by atoms with van der Waals surface area (Å²) in [5.41, 5.74) is 0.424. The number of carbonyl (C=O) groups is 1. The molecule has 1 heterocycles. The van der Waals surface area contributed by atoms with Gasteiger partial charge in [0, 0.05) is 17.6 Å². The van der Waals surface area contributed by atoms with Crippen LogP contribution in [0.4, 0.5) is 0 Å². The number of unbranched alkanes of at least 4 members (excludes halogenated alkanes) is 1. The molecule has 0 radical (unpaired) electrons. The molecule has 0 N–H and O–H groups in total. The molecule has 1 aliphatic heterocycles. The Morgan fingerprint density at radius 3 is 2.47 bits per heavy atom. The van der Waals surface area contributed by atoms with E-state index in [9.17, 15) is 4.79 Å². The van der Waals surface area contributed by atoms with Gasteiger partial charge in [0.2, 0.25) is 0 Å². The standard InChI is InChI=1S/C28H44ClN3O2/c1-7-8-17-32-19-30-28(18-20(2)3,27(33)34-6)26(32)22-15-13-21(14-16-22)25(31(4)5)23-11-9-10-12-24(23)29/h9-12,19-22,25-26H,7-8,13-18H2,1-6H3. The molecule has 2 aliphatic rings. The van der Waals surface area contributed by atoms with Gasteiger partial charge in [0.1, 0.15) is 0 Å². The Hall–Kier alpha value is -1.59. The first kappa shape index (κ1) is 27.0. The summed E-state index contributed by atoms with van der Waals surface area (Å²) in [5, 5.41) is 0.847. The highest BCUT2D eigenvalue weighted by Crippen LogP contribution is 2.47. The van der Waals surface area contributed by atoms with E-state index in [-0.39, 0.29) is 12.0 Å². The number of methoxy groups -OCH3 is 1. The minimum atomic E-state index is -0.794. The zero-order chi connectivity index (χ0) is 24.9. The number of aliphatic imine (C=N–C) groups is 1. The third-order valence-electron chi connectivity index (χ3n) is 7.80. The van der Waals surface area contributed by atoms with Crippen molar-refractivity contribution in [3.63, 3.8) is 0 Å².